The zero-order valence-corrected chi connectivity index (χ0v) is 15.8. The van der Waals surface area contributed by atoms with Gasteiger partial charge in [-0.15, -0.1) is 0 Å². The van der Waals surface area contributed by atoms with Crippen LogP contribution in [0.1, 0.15) is 23.9 Å². The second-order valence-corrected chi connectivity index (χ2v) is 6.64. The molecule has 0 radical (unpaired) electrons. The minimum absolute atomic E-state index is 0.684. The summed E-state index contributed by atoms with van der Waals surface area (Å²) in [6.45, 7) is 8.76. The van der Waals surface area contributed by atoms with Gasteiger partial charge in [-0.3, -0.25) is 9.47 Å². The van der Waals surface area contributed by atoms with Crippen LogP contribution in [0, 0.1) is 18.6 Å². The van der Waals surface area contributed by atoms with Gasteiger partial charge in [0, 0.05) is 12.2 Å². The summed E-state index contributed by atoms with van der Waals surface area (Å²) >= 11 is 5.71. The van der Waals surface area contributed by atoms with Gasteiger partial charge in [0.1, 0.15) is 5.82 Å². The highest BCUT2D eigenvalue weighted by atomic mass is 32.1. The molecule has 0 saturated carbocycles. The minimum atomic E-state index is 0.684. The predicted octanol–water partition coefficient (Wildman–Crippen LogP) is 4.50. The molecule has 0 atom stereocenters. The Bertz CT molecular complexity index is 896. The van der Waals surface area contributed by atoms with Crippen molar-refractivity contribution in [3.8, 4) is 5.69 Å². The molecule has 0 fully saturated rings. The highest BCUT2D eigenvalue weighted by Crippen LogP contribution is 2.14. The third-order valence-electron chi connectivity index (χ3n) is 4.29. The Hall–Kier alpha value is -2.24. The fourth-order valence-electron chi connectivity index (χ4n) is 2.97. The lowest BCUT2D eigenvalue weighted by Crippen LogP contribution is -2.26. The molecule has 0 spiro atoms. The number of rotatable bonds is 6. The largest absolute Gasteiger partial charge is 0.280 e. The molecular formula is C20H24N4S. The molecule has 0 N–H and O–H groups in total. The Balaban J connectivity index is 1.86. The molecule has 0 amide bonds. The Morgan fingerprint density at radius 3 is 2.48 bits per heavy atom. The molecule has 0 aliphatic carbocycles. The van der Waals surface area contributed by atoms with Crippen molar-refractivity contribution < 1.29 is 0 Å². The molecule has 3 rings (SSSR count). The zero-order chi connectivity index (χ0) is 17.8. The van der Waals surface area contributed by atoms with Gasteiger partial charge in [-0.25, -0.2) is 4.68 Å². The maximum absolute atomic E-state index is 5.71. The molecule has 25 heavy (non-hydrogen) atoms. The summed E-state index contributed by atoms with van der Waals surface area (Å²) < 4.78 is 4.69. The minimum Gasteiger partial charge on any atom is -0.280 e. The maximum atomic E-state index is 5.71. The van der Waals surface area contributed by atoms with Crippen molar-refractivity contribution in [2.75, 3.05) is 6.54 Å². The average Bonchev–Trinajstić information content (AvgIpc) is 2.88. The number of aryl methyl sites for hydroxylation is 2. The van der Waals surface area contributed by atoms with Crippen LogP contribution in [-0.4, -0.2) is 25.8 Å². The van der Waals surface area contributed by atoms with E-state index in [2.05, 4.69) is 72.4 Å². The number of nitrogens with zero attached hydrogens (tertiary/aromatic N) is 4. The molecule has 5 heteroatoms. The van der Waals surface area contributed by atoms with Crippen LogP contribution < -0.4 is 0 Å². The standard InChI is InChI=1S/C20H24N4S/c1-4-22(14-18-10-6-5-7-11-18)15-23-20(25)24(17(3)21-23)19-12-8-9-16(2)13-19/h5-13H,4,14-15H2,1-3H3. The van der Waals surface area contributed by atoms with Crippen LogP contribution in [0.3, 0.4) is 0 Å². The lowest BCUT2D eigenvalue weighted by molar-refractivity contribution is 0.207. The topological polar surface area (TPSA) is 26.0 Å². The molecule has 0 unspecified atom stereocenters. The van der Waals surface area contributed by atoms with E-state index in [4.69, 9.17) is 12.2 Å². The number of hydrogen-bond acceptors (Lipinski definition) is 3. The molecule has 0 aliphatic heterocycles. The van der Waals surface area contributed by atoms with E-state index >= 15 is 0 Å². The van der Waals surface area contributed by atoms with Gasteiger partial charge >= 0.3 is 0 Å². The van der Waals surface area contributed by atoms with Gasteiger partial charge in [-0.2, -0.15) is 5.10 Å². The molecule has 3 aromatic rings. The zero-order valence-electron chi connectivity index (χ0n) is 15.0. The highest BCUT2D eigenvalue weighted by molar-refractivity contribution is 7.71. The number of aromatic nitrogens is 3. The van der Waals surface area contributed by atoms with Crippen LogP contribution in [0.15, 0.2) is 54.6 Å². The van der Waals surface area contributed by atoms with Gasteiger partial charge in [0.15, 0.2) is 0 Å². The summed E-state index contributed by atoms with van der Waals surface area (Å²) in [6.07, 6.45) is 0. The van der Waals surface area contributed by atoms with Crippen LogP contribution in [0.2, 0.25) is 0 Å². The van der Waals surface area contributed by atoms with Gasteiger partial charge in [0.25, 0.3) is 0 Å². The van der Waals surface area contributed by atoms with E-state index < -0.39 is 0 Å². The number of hydrogen-bond donors (Lipinski definition) is 0. The smallest absolute Gasteiger partial charge is 0.203 e. The molecule has 4 nitrogen and oxygen atoms in total. The van der Waals surface area contributed by atoms with Crippen LogP contribution in [0.5, 0.6) is 0 Å². The molecule has 2 aromatic carbocycles. The first-order chi connectivity index (χ1) is 12.1. The van der Waals surface area contributed by atoms with Gasteiger partial charge < -0.3 is 0 Å². The third-order valence-corrected chi connectivity index (χ3v) is 4.68. The summed E-state index contributed by atoms with van der Waals surface area (Å²) in [5.74, 6) is 0.909. The summed E-state index contributed by atoms with van der Waals surface area (Å²) in [4.78, 5) is 2.33. The predicted molar refractivity (Wildman–Crippen MR) is 104 cm³/mol. The first kappa shape index (κ1) is 17.6. The van der Waals surface area contributed by atoms with E-state index in [9.17, 15) is 0 Å². The summed E-state index contributed by atoms with van der Waals surface area (Å²) in [7, 11) is 0. The van der Waals surface area contributed by atoms with Crippen molar-refractivity contribution in [3.63, 3.8) is 0 Å². The van der Waals surface area contributed by atoms with Gasteiger partial charge in [-0.1, -0.05) is 49.4 Å². The molecular weight excluding hydrogens is 328 g/mol. The summed E-state index contributed by atoms with van der Waals surface area (Å²) in [5, 5.41) is 4.68. The molecule has 0 aliphatic rings. The first-order valence-electron chi connectivity index (χ1n) is 8.58. The van der Waals surface area contributed by atoms with E-state index in [1.807, 2.05) is 22.2 Å². The average molecular weight is 353 g/mol. The highest BCUT2D eigenvalue weighted by Gasteiger charge is 2.12. The van der Waals surface area contributed by atoms with E-state index in [0.29, 0.717) is 6.67 Å². The second-order valence-electron chi connectivity index (χ2n) is 6.28. The Morgan fingerprint density at radius 2 is 1.80 bits per heavy atom. The molecule has 1 aromatic heterocycles. The first-order valence-corrected chi connectivity index (χ1v) is 8.99. The third kappa shape index (κ3) is 4.06. The lowest BCUT2D eigenvalue weighted by Gasteiger charge is -2.20. The molecule has 1 heterocycles. The number of benzene rings is 2. The lowest BCUT2D eigenvalue weighted by atomic mass is 10.2. The van der Waals surface area contributed by atoms with Crippen molar-refractivity contribution >= 4 is 12.2 Å². The molecule has 130 valence electrons. The van der Waals surface area contributed by atoms with E-state index in [0.717, 1.165) is 29.4 Å². The van der Waals surface area contributed by atoms with Gasteiger partial charge in [-0.05, 0) is 55.9 Å². The maximum Gasteiger partial charge on any atom is 0.203 e. The fourth-order valence-corrected chi connectivity index (χ4v) is 3.30. The van der Waals surface area contributed by atoms with E-state index in [1.165, 1.54) is 11.1 Å². The van der Waals surface area contributed by atoms with E-state index in [-0.39, 0.29) is 0 Å². The normalized spacial score (nSPS) is 11.2. The van der Waals surface area contributed by atoms with Crippen LogP contribution >= 0.6 is 12.2 Å². The van der Waals surface area contributed by atoms with Crippen molar-refractivity contribution in [1.29, 1.82) is 0 Å². The quantitative estimate of drug-likeness (QED) is 0.611. The Morgan fingerprint density at radius 1 is 1.04 bits per heavy atom. The monoisotopic (exact) mass is 352 g/mol. The van der Waals surface area contributed by atoms with E-state index in [1.54, 1.807) is 0 Å². The van der Waals surface area contributed by atoms with Crippen molar-refractivity contribution in [2.24, 2.45) is 0 Å². The van der Waals surface area contributed by atoms with Gasteiger partial charge in [0.05, 0.1) is 6.67 Å². The van der Waals surface area contributed by atoms with Crippen LogP contribution in [-0.2, 0) is 13.2 Å². The van der Waals surface area contributed by atoms with Crippen molar-refractivity contribution in [1.82, 2.24) is 19.2 Å². The SMILES string of the molecule is CCN(Cc1ccccc1)Cn1nc(C)n(-c2cccc(C)c2)c1=S. The summed E-state index contributed by atoms with van der Waals surface area (Å²) in [5.41, 5.74) is 3.58. The summed E-state index contributed by atoms with van der Waals surface area (Å²) in [6, 6.07) is 18.8. The van der Waals surface area contributed by atoms with Crippen LogP contribution in [0.4, 0.5) is 0 Å². The molecule has 0 bridgehead atoms. The van der Waals surface area contributed by atoms with Gasteiger partial charge in [0.2, 0.25) is 4.77 Å². The Kier molecular flexibility index (Phi) is 5.46. The fraction of sp³-hybridized carbons (Fsp3) is 0.300. The van der Waals surface area contributed by atoms with Crippen molar-refractivity contribution in [2.45, 2.75) is 34.0 Å². The second kappa shape index (κ2) is 7.76. The van der Waals surface area contributed by atoms with Crippen LogP contribution in [0.25, 0.3) is 5.69 Å². The Labute approximate surface area is 154 Å². The molecule has 0 saturated heterocycles. The van der Waals surface area contributed by atoms with Crippen molar-refractivity contribution in [3.05, 3.63) is 76.3 Å².